The molecule has 1 N–H and O–H groups in total. The zero-order valence-electron chi connectivity index (χ0n) is 12.4. The van der Waals surface area contributed by atoms with Crippen molar-refractivity contribution in [3.8, 4) is 0 Å². The number of hydrogen-bond acceptors (Lipinski definition) is 1. The van der Waals surface area contributed by atoms with E-state index in [-0.39, 0.29) is 17.9 Å². The van der Waals surface area contributed by atoms with Gasteiger partial charge in [0.25, 0.3) is 0 Å². The summed E-state index contributed by atoms with van der Waals surface area (Å²) < 4.78 is 13.4. The Kier molecular flexibility index (Phi) is 4.91. The Morgan fingerprint density at radius 1 is 1.10 bits per heavy atom. The van der Waals surface area contributed by atoms with Crippen LogP contribution in [0, 0.1) is 12.7 Å². The lowest BCUT2D eigenvalue weighted by atomic mass is 9.99. The first-order valence-electron chi connectivity index (χ1n) is 7.19. The lowest BCUT2D eigenvalue weighted by molar-refractivity contribution is 0.453. The lowest BCUT2D eigenvalue weighted by Crippen LogP contribution is -2.24. The third-order valence-corrected chi connectivity index (χ3v) is 3.77. The third kappa shape index (κ3) is 3.45. The van der Waals surface area contributed by atoms with Crippen LogP contribution in [0.15, 0.2) is 48.5 Å². The molecule has 2 aromatic rings. The average molecular weight is 271 g/mol. The smallest absolute Gasteiger partial charge is 0.123 e. The Morgan fingerprint density at radius 2 is 1.85 bits per heavy atom. The van der Waals surface area contributed by atoms with Crippen molar-refractivity contribution in [2.45, 2.75) is 39.3 Å². The van der Waals surface area contributed by atoms with E-state index in [0.717, 1.165) is 12.0 Å². The molecule has 2 atom stereocenters. The molecule has 0 saturated heterocycles. The van der Waals surface area contributed by atoms with Crippen LogP contribution >= 0.6 is 0 Å². The molecule has 0 bridgehead atoms. The van der Waals surface area contributed by atoms with Crippen LogP contribution in [0.3, 0.4) is 0 Å². The van der Waals surface area contributed by atoms with E-state index in [1.54, 1.807) is 12.1 Å². The van der Waals surface area contributed by atoms with Crippen LogP contribution < -0.4 is 5.32 Å². The second kappa shape index (κ2) is 6.67. The molecular formula is C18H22FN. The minimum absolute atomic E-state index is 0.167. The van der Waals surface area contributed by atoms with Gasteiger partial charge in [-0.2, -0.15) is 0 Å². The van der Waals surface area contributed by atoms with Gasteiger partial charge in [-0.1, -0.05) is 43.3 Å². The number of rotatable bonds is 5. The maximum Gasteiger partial charge on any atom is 0.123 e. The summed E-state index contributed by atoms with van der Waals surface area (Å²) in [6, 6.07) is 15.6. The Hall–Kier alpha value is -1.67. The fourth-order valence-corrected chi connectivity index (χ4v) is 2.64. The number of aryl methyl sites for hydroxylation is 1. The van der Waals surface area contributed by atoms with Crippen molar-refractivity contribution < 1.29 is 4.39 Å². The normalized spacial score (nSPS) is 14.0. The van der Waals surface area contributed by atoms with Crippen molar-refractivity contribution in [3.05, 3.63) is 71.0 Å². The van der Waals surface area contributed by atoms with Crippen LogP contribution in [-0.4, -0.2) is 0 Å². The van der Waals surface area contributed by atoms with Crippen molar-refractivity contribution in [1.29, 1.82) is 0 Å². The van der Waals surface area contributed by atoms with Crippen LogP contribution in [0.25, 0.3) is 0 Å². The number of hydrogen-bond donors (Lipinski definition) is 1. The monoisotopic (exact) mass is 271 g/mol. The highest BCUT2D eigenvalue weighted by Gasteiger charge is 2.15. The predicted molar refractivity (Wildman–Crippen MR) is 82.2 cm³/mol. The molecule has 106 valence electrons. The Labute approximate surface area is 120 Å². The summed E-state index contributed by atoms with van der Waals surface area (Å²) >= 11 is 0. The van der Waals surface area contributed by atoms with E-state index in [0.29, 0.717) is 0 Å². The average Bonchev–Trinajstić information content (AvgIpc) is 2.45. The summed E-state index contributed by atoms with van der Waals surface area (Å²) in [5.74, 6) is -0.175. The fourth-order valence-electron chi connectivity index (χ4n) is 2.64. The van der Waals surface area contributed by atoms with E-state index in [1.165, 1.54) is 17.2 Å². The summed E-state index contributed by atoms with van der Waals surface area (Å²) in [7, 11) is 0. The van der Waals surface area contributed by atoms with Crippen molar-refractivity contribution in [2.24, 2.45) is 0 Å². The maximum atomic E-state index is 13.4. The summed E-state index contributed by atoms with van der Waals surface area (Å²) in [6.07, 6.45) is 0.930. The van der Waals surface area contributed by atoms with Gasteiger partial charge < -0.3 is 5.32 Å². The van der Waals surface area contributed by atoms with Crippen LogP contribution in [0.4, 0.5) is 4.39 Å². The maximum absolute atomic E-state index is 13.4. The Bertz CT molecular complexity index is 565. The number of benzene rings is 2. The molecule has 0 aliphatic heterocycles. The molecule has 0 aromatic heterocycles. The first kappa shape index (κ1) is 14.7. The zero-order chi connectivity index (χ0) is 14.5. The Balaban J connectivity index is 2.16. The van der Waals surface area contributed by atoms with Crippen molar-refractivity contribution in [2.75, 3.05) is 0 Å². The molecule has 0 amide bonds. The van der Waals surface area contributed by atoms with Crippen molar-refractivity contribution >= 4 is 0 Å². The van der Waals surface area contributed by atoms with E-state index in [4.69, 9.17) is 0 Å². The zero-order valence-corrected chi connectivity index (χ0v) is 12.4. The Morgan fingerprint density at radius 3 is 2.50 bits per heavy atom. The number of nitrogens with one attached hydrogen (secondary N) is 1. The van der Waals surface area contributed by atoms with E-state index >= 15 is 0 Å². The molecular weight excluding hydrogens is 249 g/mol. The number of halogens is 1. The van der Waals surface area contributed by atoms with Crippen LogP contribution in [0.2, 0.25) is 0 Å². The molecule has 0 heterocycles. The molecule has 2 rings (SSSR count). The standard InChI is InChI=1S/C18H22FN/c1-4-18(15-9-7-10-16(19)12-15)20-14(3)17-11-6-5-8-13(17)2/h5-12,14,18,20H,4H2,1-3H3. The molecule has 0 aliphatic carbocycles. The molecule has 0 aliphatic rings. The topological polar surface area (TPSA) is 12.0 Å². The van der Waals surface area contributed by atoms with Crippen molar-refractivity contribution in [3.63, 3.8) is 0 Å². The minimum atomic E-state index is -0.175. The van der Waals surface area contributed by atoms with Gasteiger partial charge >= 0.3 is 0 Å². The highest BCUT2D eigenvalue weighted by atomic mass is 19.1. The van der Waals surface area contributed by atoms with Gasteiger partial charge in [0, 0.05) is 12.1 Å². The second-order valence-corrected chi connectivity index (χ2v) is 5.26. The quantitative estimate of drug-likeness (QED) is 0.812. The van der Waals surface area contributed by atoms with Gasteiger partial charge in [0.2, 0.25) is 0 Å². The SMILES string of the molecule is CCC(NC(C)c1ccccc1C)c1cccc(F)c1. The van der Waals surface area contributed by atoms with Gasteiger partial charge in [0.1, 0.15) is 5.82 Å². The van der Waals surface area contributed by atoms with Gasteiger partial charge in [-0.3, -0.25) is 0 Å². The highest BCUT2D eigenvalue weighted by Crippen LogP contribution is 2.24. The third-order valence-electron chi connectivity index (χ3n) is 3.77. The molecule has 0 fully saturated rings. The van der Waals surface area contributed by atoms with Crippen LogP contribution in [0.1, 0.15) is 49.0 Å². The van der Waals surface area contributed by atoms with Gasteiger partial charge in [0.15, 0.2) is 0 Å². The largest absolute Gasteiger partial charge is 0.303 e. The van der Waals surface area contributed by atoms with Crippen LogP contribution in [0.5, 0.6) is 0 Å². The molecule has 2 heteroatoms. The van der Waals surface area contributed by atoms with Crippen LogP contribution in [-0.2, 0) is 0 Å². The van der Waals surface area contributed by atoms with E-state index in [2.05, 4.69) is 50.4 Å². The molecule has 1 nitrogen and oxygen atoms in total. The van der Waals surface area contributed by atoms with Gasteiger partial charge in [-0.15, -0.1) is 0 Å². The summed E-state index contributed by atoms with van der Waals surface area (Å²) in [6.45, 7) is 6.40. The minimum Gasteiger partial charge on any atom is -0.303 e. The molecule has 0 saturated carbocycles. The predicted octanol–water partition coefficient (Wildman–Crippen LogP) is 4.94. The highest BCUT2D eigenvalue weighted by molar-refractivity contribution is 5.29. The summed E-state index contributed by atoms with van der Waals surface area (Å²) in [4.78, 5) is 0. The van der Waals surface area contributed by atoms with E-state index in [9.17, 15) is 4.39 Å². The summed E-state index contributed by atoms with van der Waals surface area (Å²) in [5.41, 5.74) is 3.58. The fraction of sp³-hybridized carbons (Fsp3) is 0.333. The first-order chi connectivity index (χ1) is 9.61. The molecule has 0 spiro atoms. The molecule has 2 aromatic carbocycles. The van der Waals surface area contributed by atoms with Gasteiger partial charge in [-0.25, -0.2) is 4.39 Å². The van der Waals surface area contributed by atoms with Gasteiger partial charge in [-0.05, 0) is 49.1 Å². The summed E-state index contributed by atoms with van der Waals surface area (Å²) in [5, 5.41) is 3.60. The second-order valence-electron chi connectivity index (χ2n) is 5.26. The molecule has 0 radical (unpaired) electrons. The van der Waals surface area contributed by atoms with E-state index in [1.807, 2.05) is 6.07 Å². The lowest BCUT2D eigenvalue weighted by Gasteiger charge is -2.24. The molecule has 2 unspecified atom stereocenters. The van der Waals surface area contributed by atoms with E-state index < -0.39 is 0 Å². The van der Waals surface area contributed by atoms with Crippen molar-refractivity contribution in [1.82, 2.24) is 5.32 Å². The molecule has 20 heavy (non-hydrogen) atoms. The first-order valence-corrected chi connectivity index (χ1v) is 7.19. The van der Waals surface area contributed by atoms with Gasteiger partial charge in [0.05, 0.1) is 0 Å².